The van der Waals surface area contributed by atoms with E-state index in [2.05, 4.69) is 20.1 Å². The van der Waals surface area contributed by atoms with Crippen molar-refractivity contribution in [1.82, 2.24) is 0 Å². The van der Waals surface area contributed by atoms with E-state index in [-0.39, 0.29) is 0 Å². The van der Waals surface area contributed by atoms with Gasteiger partial charge in [0, 0.05) is 0 Å². The second-order valence-corrected chi connectivity index (χ2v) is 2.97. The van der Waals surface area contributed by atoms with Crippen LogP contribution in [0.4, 0.5) is 0 Å². The van der Waals surface area contributed by atoms with Gasteiger partial charge in [-0.15, -0.1) is 6.58 Å². The summed E-state index contributed by atoms with van der Waals surface area (Å²) in [5, 5.41) is 0. The van der Waals surface area contributed by atoms with E-state index >= 15 is 0 Å². The summed E-state index contributed by atoms with van der Waals surface area (Å²) in [6, 6.07) is 0. The molecule has 0 fully saturated rings. The van der Waals surface area contributed by atoms with E-state index in [1.807, 2.05) is 12.2 Å². The van der Waals surface area contributed by atoms with Crippen LogP contribution in [-0.4, -0.2) is 6.61 Å². The quantitative estimate of drug-likeness (QED) is 0.239. The summed E-state index contributed by atoms with van der Waals surface area (Å²) in [5.74, 6) is 0. The van der Waals surface area contributed by atoms with Crippen molar-refractivity contribution in [2.24, 2.45) is 0 Å². The third-order valence-electron chi connectivity index (χ3n) is 1.74. The van der Waals surface area contributed by atoms with Crippen LogP contribution in [0.2, 0.25) is 0 Å². The van der Waals surface area contributed by atoms with E-state index in [1.165, 1.54) is 12.8 Å². The first-order chi connectivity index (χ1) is 6.35. The predicted molar refractivity (Wildman–Crippen MR) is 58.6 cm³/mol. The van der Waals surface area contributed by atoms with Crippen molar-refractivity contribution >= 4 is 0 Å². The van der Waals surface area contributed by atoms with Gasteiger partial charge in [0.15, 0.2) is 0 Å². The summed E-state index contributed by atoms with van der Waals surface area (Å²) in [5.41, 5.74) is 1.09. The topological polar surface area (TPSA) is 9.23 Å². The van der Waals surface area contributed by atoms with Crippen LogP contribution in [0.3, 0.4) is 0 Å². The molecule has 0 aliphatic heterocycles. The molecule has 0 rings (SSSR count). The molecular formula is C12H20O. The second-order valence-electron chi connectivity index (χ2n) is 2.97. The third-order valence-corrected chi connectivity index (χ3v) is 1.74. The van der Waals surface area contributed by atoms with Crippen molar-refractivity contribution in [3.63, 3.8) is 0 Å². The first-order valence-corrected chi connectivity index (χ1v) is 4.89. The molecule has 0 aliphatic carbocycles. The van der Waals surface area contributed by atoms with Crippen LogP contribution >= 0.6 is 0 Å². The average Bonchev–Trinajstić information content (AvgIpc) is 2.16. The maximum Gasteiger partial charge on any atom is 0.0873 e. The molecule has 0 aromatic heterocycles. The fourth-order valence-corrected chi connectivity index (χ4v) is 0.948. The highest BCUT2D eigenvalue weighted by molar-refractivity contribution is 5.16. The molecule has 0 saturated heterocycles. The normalized spacial score (nSPS) is 11.0. The van der Waals surface area contributed by atoms with E-state index < -0.39 is 0 Å². The van der Waals surface area contributed by atoms with Crippen LogP contribution < -0.4 is 0 Å². The first kappa shape index (κ1) is 12.0. The minimum atomic E-state index is 0.808. The van der Waals surface area contributed by atoms with Crippen molar-refractivity contribution < 1.29 is 4.74 Å². The van der Waals surface area contributed by atoms with Crippen LogP contribution in [0, 0.1) is 0 Å². The summed E-state index contributed by atoms with van der Waals surface area (Å²) in [4.78, 5) is 0. The number of allylic oxidation sites excluding steroid dienone is 3. The van der Waals surface area contributed by atoms with Crippen LogP contribution in [0.15, 0.2) is 37.1 Å². The van der Waals surface area contributed by atoms with Crippen molar-refractivity contribution in [2.45, 2.75) is 32.6 Å². The number of ether oxygens (including phenoxy) is 1. The van der Waals surface area contributed by atoms with Gasteiger partial charge >= 0.3 is 0 Å². The van der Waals surface area contributed by atoms with Crippen LogP contribution in [0.5, 0.6) is 0 Å². The van der Waals surface area contributed by atoms with Crippen molar-refractivity contribution in [3.05, 3.63) is 37.1 Å². The number of hydrogen-bond acceptors (Lipinski definition) is 1. The van der Waals surface area contributed by atoms with Gasteiger partial charge in [0.1, 0.15) is 0 Å². The van der Waals surface area contributed by atoms with Crippen molar-refractivity contribution in [2.75, 3.05) is 6.61 Å². The lowest BCUT2D eigenvalue weighted by Crippen LogP contribution is -1.88. The number of rotatable bonds is 8. The molecule has 0 heterocycles. The van der Waals surface area contributed by atoms with Gasteiger partial charge in [0.25, 0.3) is 0 Å². The maximum absolute atomic E-state index is 5.36. The third kappa shape index (κ3) is 7.38. The Kier molecular flexibility index (Phi) is 8.42. The Morgan fingerprint density at radius 3 is 2.62 bits per heavy atom. The molecule has 0 unspecified atom stereocenters. The Labute approximate surface area is 81.8 Å². The molecule has 0 atom stereocenters. The van der Waals surface area contributed by atoms with Crippen LogP contribution in [0.1, 0.15) is 32.6 Å². The lowest BCUT2D eigenvalue weighted by atomic mass is 10.2. The molecule has 74 valence electrons. The van der Waals surface area contributed by atoms with E-state index in [0.29, 0.717) is 0 Å². The Morgan fingerprint density at radius 1 is 1.31 bits per heavy atom. The molecule has 0 aromatic rings. The number of hydrogen-bond donors (Lipinski definition) is 0. The van der Waals surface area contributed by atoms with E-state index in [9.17, 15) is 0 Å². The van der Waals surface area contributed by atoms with Gasteiger partial charge in [0.2, 0.25) is 0 Å². The predicted octanol–water partition coefficient (Wildman–Crippen LogP) is 3.84. The monoisotopic (exact) mass is 180 g/mol. The lowest BCUT2D eigenvalue weighted by Gasteiger charge is -2.01. The fourth-order valence-electron chi connectivity index (χ4n) is 0.948. The molecular weight excluding hydrogens is 160 g/mol. The Bertz CT molecular complexity index is 168. The molecule has 0 bridgehead atoms. The largest absolute Gasteiger partial charge is 0.501 e. The molecule has 1 nitrogen and oxygen atoms in total. The summed E-state index contributed by atoms with van der Waals surface area (Å²) in [6.07, 6.45) is 9.87. The van der Waals surface area contributed by atoms with Gasteiger partial charge in [0.05, 0.1) is 12.9 Å². The average molecular weight is 180 g/mol. The van der Waals surface area contributed by atoms with E-state index in [1.54, 1.807) is 6.26 Å². The molecule has 0 N–H and O–H groups in total. The van der Waals surface area contributed by atoms with E-state index in [0.717, 1.165) is 25.0 Å². The Morgan fingerprint density at radius 2 is 2.08 bits per heavy atom. The van der Waals surface area contributed by atoms with Crippen LogP contribution in [-0.2, 0) is 4.74 Å². The molecule has 0 radical (unpaired) electrons. The van der Waals surface area contributed by atoms with Gasteiger partial charge < -0.3 is 4.74 Å². The first-order valence-electron chi connectivity index (χ1n) is 4.89. The molecule has 13 heavy (non-hydrogen) atoms. The minimum Gasteiger partial charge on any atom is -0.501 e. The highest BCUT2D eigenvalue weighted by Gasteiger charge is 1.88. The molecule has 0 aromatic carbocycles. The number of unbranched alkanes of at least 4 members (excludes halogenated alkanes) is 2. The maximum atomic E-state index is 5.36. The molecule has 0 spiro atoms. The molecule has 0 saturated carbocycles. The summed E-state index contributed by atoms with van der Waals surface area (Å²) in [7, 11) is 0. The SMILES string of the molecule is C=CC/C(C=C)=C\OCCCCC. The summed E-state index contributed by atoms with van der Waals surface area (Å²) in [6.45, 7) is 10.4. The second kappa shape index (κ2) is 9.11. The minimum absolute atomic E-state index is 0.808. The van der Waals surface area contributed by atoms with Gasteiger partial charge in [-0.25, -0.2) is 0 Å². The lowest BCUT2D eigenvalue weighted by molar-refractivity contribution is 0.239. The van der Waals surface area contributed by atoms with Crippen molar-refractivity contribution in [1.29, 1.82) is 0 Å². The summed E-state index contributed by atoms with van der Waals surface area (Å²) < 4.78 is 5.36. The highest BCUT2D eigenvalue weighted by atomic mass is 16.5. The zero-order valence-corrected chi connectivity index (χ0v) is 8.59. The fraction of sp³-hybridized carbons (Fsp3) is 0.500. The zero-order chi connectivity index (χ0) is 9.94. The standard InChI is InChI=1S/C12H20O/c1-4-7-8-10-13-11-12(6-3)9-5-2/h5-6,11H,2-4,7-10H2,1H3/b12-11-. The van der Waals surface area contributed by atoms with Gasteiger partial charge in [-0.2, -0.15) is 0 Å². The highest BCUT2D eigenvalue weighted by Crippen LogP contribution is 2.03. The van der Waals surface area contributed by atoms with Gasteiger partial charge in [-0.1, -0.05) is 38.5 Å². The van der Waals surface area contributed by atoms with Crippen molar-refractivity contribution in [3.8, 4) is 0 Å². The smallest absolute Gasteiger partial charge is 0.0873 e. The van der Waals surface area contributed by atoms with Gasteiger partial charge in [-0.3, -0.25) is 0 Å². The Balaban J connectivity index is 3.54. The van der Waals surface area contributed by atoms with Crippen LogP contribution in [0.25, 0.3) is 0 Å². The molecule has 0 aliphatic rings. The molecule has 1 heteroatoms. The zero-order valence-electron chi connectivity index (χ0n) is 8.59. The Hall–Kier alpha value is -0.980. The van der Waals surface area contributed by atoms with E-state index in [4.69, 9.17) is 4.74 Å². The van der Waals surface area contributed by atoms with Gasteiger partial charge in [-0.05, 0) is 18.4 Å². The summed E-state index contributed by atoms with van der Waals surface area (Å²) >= 11 is 0. The molecule has 0 amide bonds.